The zero-order chi connectivity index (χ0) is 27.4. The number of benzene rings is 3. The number of aromatic nitrogens is 1. The summed E-state index contributed by atoms with van der Waals surface area (Å²) in [5.74, 6) is -1.11. The van der Waals surface area contributed by atoms with E-state index in [9.17, 15) is 14.7 Å². The lowest BCUT2D eigenvalue weighted by Crippen LogP contribution is -2.30. The normalized spacial score (nSPS) is 15.6. The molecule has 1 aliphatic heterocycles. The van der Waals surface area contributed by atoms with Crippen molar-refractivity contribution in [3.63, 3.8) is 0 Å². The number of hydrogen-bond acceptors (Lipinski definition) is 6. The van der Waals surface area contributed by atoms with Crippen LogP contribution in [-0.4, -0.2) is 28.4 Å². The fourth-order valence-electron chi connectivity index (χ4n) is 4.50. The second kappa shape index (κ2) is 11.8. The molecule has 4 aromatic rings. The minimum Gasteiger partial charge on any atom is -0.503 e. The Labute approximate surface area is 235 Å². The number of aliphatic hydroxyl groups excluding tert-OH is 1. The molecule has 0 bridgehead atoms. The van der Waals surface area contributed by atoms with E-state index in [-0.39, 0.29) is 5.57 Å². The number of hydrogen-bond donors (Lipinski definition) is 1. The molecule has 39 heavy (non-hydrogen) atoms. The molecular formula is C31H27ClN2O4S. The van der Waals surface area contributed by atoms with Gasteiger partial charge in [0.05, 0.1) is 28.4 Å². The molecule has 5 rings (SSSR count). The van der Waals surface area contributed by atoms with Gasteiger partial charge in [-0.1, -0.05) is 91.2 Å². The maximum Gasteiger partial charge on any atom is 0.296 e. The summed E-state index contributed by atoms with van der Waals surface area (Å²) < 4.78 is 6.75. The summed E-state index contributed by atoms with van der Waals surface area (Å²) >= 11 is 7.45. The zero-order valence-electron chi connectivity index (χ0n) is 21.3. The molecule has 6 nitrogen and oxygen atoms in total. The van der Waals surface area contributed by atoms with Crippen LogP contribution in [0.15, 0.2) is 90.2 Å². The Morgan fingerprint density at radius 2 is 1.92 bits per heavy atom. The fraction of sp³-hybridized carbons (Fsp3) is 0.194. The number of rotatable bonds is 10. The number of anilines is 1. The van der Waals surface area contributed by atoms with Crippen LogP contribution in [0.4, 0.5) is 5.13 Å². The number of fused-ring (bicyclic) bond motifs is 1. The third-order valence-electron chi connectivity index (χ3n) is 6.44. The standard InChI is InChI=1S/C31H27ClN2O4S/c1-2-3-7-17-38-23-12-8-11-21(18-23)28-27(25(35)16-13-20-9-5-4-6-10-20)29(36)30(37)34(28)31-33-24-15-14-22(32)19-26(24)39-31/h4-6,8-16,18-19,28,36H,2-3,7,17H2,1H3/b16-13+. The fourth-order valence-corrected chi connectivity index (χ4v) is 5.77. The van der Waals surface area contributed by atoms with Gasteiger partial charge in [-0.15, -0.1) is 0 Å². The number of carbonyl (C=O) groups is 2. The number of ether oxygens (including phenoxy) is 1. The van der Waals surface area contributed by atoms with E-state index in [1.165, 1.54) is 22.3 Å². The SMILES string of the molecule is CCCCCOc1cccc(C2C(C(=O)/C=C/c3ccccc3)=C(O)C(=O)N2c2nc3ccc(Cl)cc3s2)c1. The number of aliphatic hydroxyl groups is 1. The van der Waals surface area contributed by atoms with Crippen LogP contribution in [0.2, 0.25) is 5.02 Å². The molecule has 1 aliphatic rings. The van der Waals surface area contributed by atoms with Gasteiger partial charge in [0.1, 0.15) is 5.75 Å². The minimum atomic E-state index is -0.888. The first kappa shape index (κ1) is 26.7. The molecule has 1 N–H and O–H groups in total. The van der Waals surface area contributed by atoms with Crippen LogP contribution in [0.5, 0.6) is 5.75 Å². The molecule has 0 aliphatic carbocycles. The molecule has 0 fully saturated rings. The Hall–Kier alpha value is -3.94. The van der Waals surface area contributed by atoms with Crippen molar-refractivity contribution in [3.05, 3.63) is 106 Å². The molecule has 1 aromatic heterocycles. The smallest absolute Gasteiger partial charge is 0.296 e. The number of halogens is 1. The minimum absolute atomic E-state index is 0.00685. The monoisotopic (exact) mass is 558 g/mol. The molecule has 3 aromatic carbocycles. The van der Waals surface area contributed by atoms with Crippen LogP contribution in [0, 0.1) is 0 Å². The molecule has 0 spiro atoms. The highest BCUT2D eigenvalue weighted by molar-refractivity contribution is 7.22. The Morgan fingerprint density at radius 3 is 2.72 bits per heavy atom. The van der Waals surface area contributed by atoms with Crippen molar-refractivity contribution in [2.24, 2.45) is 0 Å². The second-order valence-electron chi connectivity index (χ2n) is 9.18. The number of amides is 1. The summed E-state index contributed by atoms with van der Waals surface area (Å²) in [6, 6.07) is 21.1. The van der Waals surface area contributed by atoms with Crippen LogP contribution in [-0.2, 0) is 9.59 Å². The summed E-state index contributed by atoms with van der Waals surface area (Å²) in [6.45, 7) is 2.70. The summed E-state index contributed by atoms with van der Waals surface area (Å²) in [7, 11) is 0. The van der Waals surface area contributed by atoms with E-state index in [1.807, 2.05) is 54.6 Å². The number of unbranched alkanes of at least 4 members (excludes halogenated alkanes) is 2. The molecule has 0 saturated heterocycles. The van der Waals surface area contributed by atoms with E-state index in [0.717, 1.165) is 29.5 Å². The lowest BCUT2D eigenvalue weighted by atomic mass is 9.95. The molecule has 1 atom stereocenters. The summed E-state index contributed by atoms with van der Waals surface area (Å²) in [5.41, 5.74) is 2.12. The highest BCUT2D eigenvalue weighted by atomic mass is 35.5. The molecule has 1 unspecified atom stereocenters. The van der Waals surface area contributed by atoms with Gasteiger partial charge >= 0.3 is 0 Å². The predicted molar refractivity (Wildman–Crippen MR) is 156 cm³/mol. The van der Waals surface area contributed by atoms with Gasteiger partial charge in [0.25, 0.3) is 5.91 Å². The first-order chi connectivity index (χ1) is 19.0. The van der Waals surface area contributed by atoms with Gasteiger partial charge < -0.3 is 9.84 Å². The topological polar surface area (TPSA) is 79.7 Å². The average molecular weight is 559 g/mol. The van der Waals surface area contributed by atoms with E-state index >= 15 is 0 Å². The Bertz CT molecular complexity index is 1580. The van der Waals surface area contributed by atoms with E-state index in [1.54, 1.807) is 24.3 Å². The molecule has 1 amide bonds. The van der Waals surface area contributed by atoms with Crippen LogP contribution in [0.25, 0.3) is 16.3 Å². The van der Waals surface area contributed by atoms with Gasteiger partial charge in [0.2, 0.25) is 0 Å². The number of nitrogens with zero attached hydrogens (tertiary/aromatic N) is 2. The third kappa shape index (κ3) is 5.75. The zero-order valence-corrected chi connectivity index (χ0v) is 22.9. The van der Waals surface area contributed by atoms with Crippen molar-refractivity contribution >= 4 is 56.1 Å². The van der Waals surface area contributed by atoms with Crippen molar-refractivity contribution in [2.75, 3.05) is 11.5 Å². The molecule has 2 heterocycles. The van der Waals surface area contributed by atoms with Crippen molar-refractivity contribution in [3.8, 4) is 5.75 Å². The van der Waals surface area contributed by atoms with Gasteiger partial charge in [-0.25, -0.2) is 4.98 Å². The number of ketones is 1. The van der Waals surface area contributed by atoms with Crippen LogP contribution in [0.1, 0.15) is 43.4 Å². The number of thiazole rings is 1. The molecular weight excluding hydrogens is 532 g/mol. The average Bonchev–Trinajstić information content (AvgIpc) is 3.48. The Kier molecular flexibility index (Phi) is 8.10. The Morgan fingerprint density at radius 1 is 1.10 bits per heavy atom. The van der Waals surface area contributed by atoms with Gasteiger partial charge in [0, 0.05) is 5.02 Å². The van der Waals surface area contributed by atoms with Crippen molar-refractivity contribution in [1.82, 2.24) is 4.98 Å². The van der Waals surface area contributed by atoms with Gasteiger partial charge in [-0.05, 0) is 54.0 Å². The van der Waals surface area contributed by atoms with Crippen molar-refractivity contribution in [2.45, 2.75) is 32.2 Å². The highest BCUT2D eigenvalue weighted by Gasteiger charge is 2.45. The second-order valence-corrected chi connectivity index (χ2v) is 10.6. The molecule has 198 valence electrons. The lowest BCUT2D eigenvalue weighted by molar-refractivity contribution is -0.117. The predicted octanol–water partition coefficient (Wildman–Crippen LogP) is 7.70. The van der Waals surface area contributed by atoms with Crippen LogP contribution < -0.4 is 9.64 Å². The molecule has 0 saturated carbocycles. The quantitative estimate of drug-likeness (QED) is 0.159. The van der Waals surface area contributed by atoms with E-state index in [2.05, 4.69) is 11.9 Å². The number of carbonyl (C=O) groups excluding carboxylic acids is 2. The summed E-state index contributed by atoms with van der Waals surface area (Å²) in [6.07, 6.45) is 6.13. The summed E-state index contributed by atoms with van der Waals surface area (Å²) in [4.78, 5) is 33.1. The first-order valence-electron chi connectivity index (χ1n) is 12.8. The molecule has 8 heteroatoms. The maximum absolute atomic E-state index is 13.5. The van der Waals surface area contributed by atoms with Gasteiger partial charge in [0.15, 0.2) is 16.7 Å². The van der Waals surface area contributed by atoms with Gasteiger partial charge in [-0.3, -0.25) is 14.5 Å². The first-order valence-corrected chi connectivity index (χ1v) is 14.0. The van der Waals surface area contributed by atoms with E-state index in [4.69, 9.17) is 16.3 Å². The molecule has 0 radical (unpaired) electrons. The highest BCUT2D eigenvalue weighted by Crippen LogP contribution is 2.44. The number of allylic oxidation sites excluding steroid dienone is 1. The summed E-state index contributed by atoms with van der Waals surface area (Å²) in [5, 5.41) is 11.9. The van der Waals surface area contributed by atoms with Crippen molar-refractivity contribution in [1.29, 1.82) is 0 Å². The van der Waals surface area contributed by atoms with E-state index in [0.29, 0.717) is 33.6 Å². The largest absolute Gasteiger partial charge is 0.503 e. The lowest BCUT2D eigenvalue weighted by Gasteiger charge is -2.24. The Balaban J connectivity index is 1.55. The maximum atomic E-state index is 13.5. The third-order valence-corrected chi connectivity index (χ3v) is 7.69. The van der Waals surface area contributed by atoms with Gasteiger partial charge in [-0.2, -0.15) is 0 Å². The van der Waals surface area contributed by atoms with E-state index < -0.39 is 23.5 Å². The van der Waals surface area contributed by atoms with Crippen LogP contribution in [0.3, 0.4) is 0 Å². The van der Waals surface area contributed by atoms with Crippen molar-refractivity contribution < 1.29 is 19.4 Å². The van der Waals surface area contributed by atoms with Crippen LogP contribution >= 0.6 is 22.9 Å².